The van der Waals surface area contributed by atoms with Crippen molar-refractivity contribution in [2.45, 2.75) is 32.7 Å². The van der Waals surface area contributed by atoms with Crippen molar-refractivity contribution in [3.63, 3.8) is 0 Å². The van der Waals surface area contributed by atoms with E-state index in [2.05, 4.69) is 25.3 Å². The molecule has 1 atom stereocenters. The molecule has 1 amide bonds. The van der Waals surface area contributed by atoms with Crippen LogP contribution in [0.2, 0.25) is 5.02 Å². The molecule has 4 rings (SSSR count). The summed E-state index contributed by atoms with van der Waals surface area (Å²) in [7, 11) is 0. The highest BCUT2D eigenvalue weighted by atomic mass is 35.5. The Morgan fingerprint density at radius 1 is 1.29 bits per heavy atom. The van der Waals surface area contributed by atoms with Gasteiger partial charge in [-0.2, -0.15) is 4.98 Å². The lowest BCUT2D eigenvalue weighted by molar-refractivity contribution is -0.121. The molecule has 1 aliphatic rings. The molecule has 0 spiro atoms. The minimum Gasteiger partial charge on any atom is -0.337 e. The Morgan fingerprint density at radius 3 is 2.74 bits per heavy atom. The van der Waals surface area contributed by atoms with Gasteiger partial charge in [-0.3, -0.25) is 9.69 Å². The molecule has 7 nitrogen and oxygen atoms in total. The number of piperidine rings is 1. The molecule has 0 aliphatic carbocycles. The summed E-state index contributed by atoms with van der Waals surface area (Å²) >= 11 is 5.83. The number of anilines is 1. The SMILES string of the molecule is Cc1cc(-c2noc(C(C)N3CCC(C(=O)Nc4ccc(Cl)cn4)CC3)n2)ccc1F. The number of carbonyl (C=O) groups excluding carboxylic acids is 1. The molecule has 162 valence electrons. The average Bonchev–Trinajstić information content (AvgIpc) is 3.27. The first kappa shape index (κ1) is 21.4. The van der Waals surface area contributed by atoms with Crippen LogP contribution in [0, 0.1) is 18.7 Å². The van der Waals surface area contributed by atoms with Crippen LogP contribution in [-0.2, 0) is 4.79 Å². The predicted molar refractivity (Wildman–Crippen MR) is 115 cm³/mol. The molecule has 1 aromatic carbocycles. The van der Waals surface area contributed by atoms with Gasteiger partial charge >= 0.3 is 0 Å². The van der Waals surface area contributed by atoms with Gasteiger partial charge in [0.15, 0.2) is 0 Å². The van der Waals surface area contributed by atoms with Crippen molar-refractivity contribution < 1.29 is 13.7 Å². The number of carbonyl (C=O) groups is 1. The molecule has 1 N–H and O–H groups in total. The smallest absolute Gasteiger partial charge is 0.244 e. The van der Waals surface area contributed by atoms with E-state index in [0.717, 1.165) is 25.9 Å². The standard InChI is InChI=1S/C22H23ClFN5O2/c1-13-11-16(3-5-18(13)24)20-27-22(31-28-20)14(2)29-9-7-15(8-10-29)21(30)26-19-6-4-17(23)12-25-19/h3-6,11-12,14-15H,7-10H2,1-2H3,(H,25,26,30). The molecule has 0 saturated carbocycles. The fourth-order valence-corrected chi connectivity index (χ4v) is 3.80. The summed E-state index contributed by atoms with van der Waals surface area (Å²) in [5.41, 5.74) is 1.25. The molecule has 3 aromatic rings. The summed E-state index contributed by atoms with van der Waals surface area (Å²) in [5, 5.41) is 7.43. The van der Waals surface area contributed by atoms with Gasteiger partial charge in [-0.15, -0.1) is 0 Å². The number of hydrogen-bond acceptors (Lipinski definition) is 6. The number of likely N-dealkylation sites (tertiary alicyclic amines) is 1. The molecule has 1 aliphatic heterocycles. The van der Waals surface area contributed by atoms with Crippen LogP contribution in [-0.4, -0.2) is 39.0 Å². The number of nitrogens with one attached hydrogen (secondary N) is 1. The summed E-state index contributed by atoms with van der Waals surface area (Å²) in [4.78, 5) is 23.4. The Labute approximate surface area is 184 Å². The van der Waals surface area contributed by atoms with Gasteiger partial charge in [0, 0.05) is 17.7 Å². The molecule has 2 aromatic heterocycles. The Bertz CT molecular complexity index is 1060. The van der Waals surface area contributed by atoms with Crippen molar-refractivity contribution in [2.75, 3.05) is 18.4 Å². The van der Waals surface area contributed by atoms with Crippen LogP contribution in [0.25, 0.3) is 11.4 Å². The zero-order chi connectivity index (χ0) is 22.0. The number of rotatable bonds is 5. The van der Waals surface area contributed by atoms with Crippen LogP contribution in [0.1, 0.15) is 37.3 Å². The van der Waals surface area contributed by atoms with E-state index in [9.17, 15) is 9.18 Å². The minimum absolute atomic E-state index is 0.0334. The van der Waals surface area contributed by atoms with Gasteiger partial charge in [0.2, 0.25) is 17.6 Å². The minimum atomic E-state index is -0.264. The van der Waals surface area contributed by atoms with E-state index in [4.69, 9.17) is 16.1 Å². The highest BCUT2D eigenvalue weighted by molar-refractivity contribution is 6.30. The van der Waals surface area contributed by atoms with Gasteiger partial charge in [-0.25, -0.2) is 9.37 Å². The van der Waals surface area contributed by atoms with Gasteiger partial charge in [-0.1, -0.05) is 16.8 Å². The lowest BCUT2D eigenvalue weighted by Crippen LogP contribution is -2.39. The Hall–Kier alpha value is -2.84. The third kappa shape index (κ3) is 4.91. The number of aryl methyl sites for hydroxylation is 1. The van der Waals surface area contributed by atoms with E-state index < -0.39 is 0 Å². The van der Waals surface area contributed by atoms with Crippen molar-refractivity contribution in [3.05, 3.63) is 58.8 Å². The molecule has 31 heavy (non-hydrogen) atoms. The average molecular weight is 444 g/mol. The summed E-state index contributed by atoms with van der Waals surface area (Å²) in [6.45, 7) is 5.18. The number of pyridine rings is 1. The summed E-state index contributed by atoms with van der Waals surface area (Å²) in [6.07, 6.45) is 2.96. The van der Waals surface area contributed by atoms with Crippen molar-refractivity contribution in [3.8, 4) is 11.4 Å². The highest BCUT2D eigenvalue weighted by Crippen LogP contribution is 2.28. The Morgan fingerprint density at radius 2 is 2.06 bits per heavy atom. The Balaban J connectivity index is 1.34. The molecule has 3 heterocycles. The zero-order valence-corrected chi connectivity index (χ0v) is 18.1. The summed E-state index contributed by atoms with van der Waals surface area (Å²) in [6, 6.07) is 8.05. The maximum absolute atomic E-state index is 13.5. The largest absolute Gasteiger partial charge is 0.337 e. The second-order valence-electron chi connectivity index (χ2n) is 7.76. The van der Waals surface area contributed by atoms with Crippen LogP contribution in [0.4, 0.5) is 10.2 Å². The van der Waals surface area contributed by atoms with Crippen LogP contribution in [0.3, 0.4) is 0 Å². The topological polar surface area (TPSA) is 84.2 Å². The van der Waals surface area contributed by atoms with E-state index in [-0.39, 0.29) is 23.7 Å². The first-order valence-corrected chi connectivity index (χ1v) is 10.5. The highest BCUT2D eigenvalue weighted by Gasteiger charge is 2.30. The van der Waals surface area contributed by atoms with Crippen molar-refractivity contribution in [1.29, 1.82) is 0 Å². The van der Waals surface area contributed by atoms with Crippen LogP contribution in [0.15, 0.2) is 41.1 Å². The second-order valence-corrected chi connectivity index (χ2v) is 8.19. The summed E-state index contributed by atoms with van der Waals surface area (Å²) < 4.78 is 19.0. The maximum atomic E-state index is 13.5. The number of aromatic nitrogens is 3. The first-order chi connectivity index (χ1) is 14.9. The zero-order valence-electron chi connectivity index (χ0n) is 17.3. The van der Waals surface area contributed by atoms with E-state index in [1.54, 1.807) is 31.2 Å². The third-order valence-electron chi connectivity index (χ3n) is 5.64. The molecule has 0 bridgehead atoms. The molecule has 9 heteroatoms. The molecule has 1 fully saturated rings. The fraction of sp³-hybridized carbons (Fsp3) is 0.364. The van der Waals surface area contributed by atoms with E-state index in [1.807, 2.05) is 6.92 Å². The predicted octanol–water partition coefficient (Wildman–Crippen LogP) is 4.64. The molecule has 0 radical (unpaired) electrons. The van der Waals surface area contributed by atoms with Crippen LogP contribution >= 0.6 is 11.6 Å². The van der Waals surface area contributed by atoms with Gasteiger partial charge in [0.25, 0.3) is 0 Å². The number of hydrogen-bond donors (Lipinski definition) is 1. The quantitative estimate of drug-likeness (QED) is 0.618. The number of benzene rings is 1. The van der Waals surface area contributed by atoms with Gasteiger partial charge < -0.3 is 9.84 Å². The van der Waals surface area contributed by atoms with E-state index in [1.165, 1.54) is 12.3 Å². The van der Waals surface area contributed by atoms with Crippen LogP contribution in [0.5, 0.6) is 0 Å². The van der Waals surface area contributed by atoms with Gasteiger partial charge in [0.05, 0.1) is 11.1 Å². The first-order valence-electron chi connectivity index (χ1n) is 10.2. The normalized spacial score (nSPS) is 16.3. The van der Waals surface area contributed by atoms with Crippen molar-refractivity contribution >= 4 is 23.3 Å². The molecule has 1 saturated heterocycles. The monoisotopic (exact) mass is 443 g/mol. The van der Waals surface area contributed by atoms with Crippen molar-refractivity contribution in [1.82, 2.24) is 20.0 Å². The van der Waals surface area contributed by atoms with Gasteiger partial charge in [0.1, 0.15) is 11.6 Å². The number of nitrogens with zero attached hydrogens (tertiary/aromatic N) is 4. The van der Waals surface area contributed by atoms with E-state index in [0.29, 0.717) is 33.7 Å². The fourth-order valence-electron chi connectivity index (χ4n) is 3.69. The lowest BCUT2D eigenvalue weighted by atomic mass is 9.95. The second kappa shape index (κ2) is 9.11. The molecule has 1 unspecified atom stereocenters. The molecular formula is C22H23ClFN5O2. The van der Waals surface area contributed by atoms with Crippen molar-refractivity contribution in [2.24, 2.45) is 5.92 Å². The van der Waals surface area contributed by atoms with E-state index >= 15 is 0 Å². The number of halogens is 2. The lowest BCUT2D eigenvalue weighted by Gasteiger charge is -2.33. The third-order valence-corrected chi connectivity index (χ3v) is 5.87. The maximum Gasteiger partial charge on any atom is 0.244 e. The molecular weight excluding hydrogens is 421 g/mol. The Kier molecular flexibility index (Phi) is 6.29. The van der Waals surface area contributed by atoms with Gasteiger partial charge in [-0.05, 0) is 75.7 Å². The van der Waals surface area contributed by atoms with Crippen LogP contribution < -0.4 is 5.32 Å². The summed E-state index contributed by atoms with van der Waals surface area (Å²) in [5.74, 6) is 1.06. The number of amides is 1.